The molecular formula is C20H17N3O6. The van der Waals surface area contributed by atoms with Crippen molar-refractivity contribution in [3.05, 3.63) is 86.6 Å². The van der Waals surface area contributed by atoms with Gasteiger partial charge in [-0.3, -0.25) is 19.1 Å². The first kappa shape index (κ1) is 19.6. The number of hydrogen-bond donors (Lipinski definition) is 2. The molecular weight excluding hydrogens is 378 g/mol. The first-order chi connectivity index (χ1) is 13.9. The van der Waals surface area contributed by atoms with Crippen LogP contribution in [0.4, 0.5) is 5.82 Å². The second-order valence-corrected chi connectivity index (χ2v) is 6.02. The highest BCUT2D eigenvalue weighted by molar-refractivity contribution is 6.02. The van der Waals surface area contributed by atoms with Gasteiger partial charge in [-0.1, -0.05) is 18.2 Å². The lowest BCUT2D eigenvalue weighted by Gasteiger charge is -2.09. The van der Waals surface area contributed by atoms with Crippen LogP contribution < -0.4 is 21.7 Å². The summed E-state index contributed by atoms with van der Waals surface area (Å²) in [4.78, 5) is 49.6. The van der Waals surface area contributed by atoms with Crippen LogP contribution in [0.3, 0.4) is 0 Å². The molecule has 9 nitrogen and oxygen atoms in total. The number of para-hydroxylation sites is 1. The lowest BCUT2D eigenvalue weighted by atomic mass is 10.2. The number of rotatable bonds is 6. The Bertz CT molecular complexity index is 1160. The van der Waals surface area contributed by atoms with E-state index in [1.807, 2.05) is 23.2 Å². The Morgan fingerprint density at radius 2 is 1.62 bits per heavy atom. The lowest BCUT2D eigenvalue weighted by Crippen LogP contribution is -2.35. The van der Waals surface area contributed by atoms with Gasteiger partial charge in [-0.05, 0) is 36.4 Å². The summed E-state index contributed by atoms with van der Waals surface area (Å²) in [6, 6.07) is 15.3. The van der Waals surface area contributed by atoms with Gasteiger partial charge in [0.1, 0.15) is 22.9 Å². The fourth-order valence-electron chi connectivity index (χ4n) is 2.48. The van der Waals surface area contributed by atoms with Crippen molar-refractivity contribution in [3.63, 3.8) is 0 Å². The monoisotopic (exact) mass is 395 g/mol. The molecule has 0 saturated carbocycles. The summed E-state index contributed by atoms with van der Waals surface area (Å²) in [5, 5.41) is 0. The summed E-state index contributed by atoms with van der Waals surface area (Å²) in [5.74, 6) is -0.717. The number of carbonyl (C=O) groups is 2. The van der Waals surface area contributed by atoms with Crippen LogP contribution in [0.5, 0.6) is 11.5 Å². The predicted molar refractivity (Wildman–Crippen MR) is 104 cm³/mol. The number of esters is 1. The van der Waals surface area contributed by atoms with Crippen LogP contribution in [0.15, 0.2) is 64.2 Å². The number of anilines is 1. The Kier molecular flexibility index (Phi) is 5.59. The fourth-order valence-corrected chi connectivity index (χ4v) is 2.48. The summed E-state index contributed by atoms with van der Waals surface area (Å²) in [5.41, 5.74) is 3.72. The van der Waals surface area contributed by atoms with E-state index in [4.69, 9.17) is 15.2 Å². The Labute approximate surface area is 164 Å². The average Bonchev–Trinajstić information content (AvgIpc) is 2.71. The second-order valence-electron chi connectivity index (χ2n) is 6.02. The molecule has 1 aromatic heterocycles. The third-order valence-corrected chi connectivity index (χ3v) is 4.05. The molecule has 9 heteroatoms. The topological polar surface area (TPSA) is 133 Å². The van der Waals surface area contributed by atoms with Crippen LogP contribution in [0.1, 0.15) is 20.7 Å². The minimum absolute atomic E-state index is 0.195. The number of aromatic nitrogens is 2. The number of nitrogens with two attached hydrogens (primary N) is 1. The van der Waals surface area contributed by atoms with E-state index in [1.54, 1.807) is 24.3 Å². The highest BCUT2D eigenvalue weighted by atomic mass is 16.5. The van der Waals surface area contributed by atoms with Crippen molar-refractivity contribution in [3.8, 4) is 11.5 Å². The molecule has 3 aromatic rings. The SMILES string of the molecule is Cn1c(N)c(C(=O)COC(=O)c2ccc(Oc3ccccc3)cc2)c(=O)[nH]c1=O. The van der Waals surface area contributed by atoms with Gasteiger partial charge in [0.2, 0.25) is 5.78 Å². The third kappa shape index (κ3) is 4.41. The molecule has 3 N–H and O–H groups in total. The maximum absolute atomic E-state index is 12.2. The zero-order valence-electron chi connectivity index (χ0n) is 15.4. The molecule has 0 bridgehead atoms. The van der Waals surface area contributed by atoms with Crippen molar-refractivity contribution in [1.29, 1.82) is 0 Å². The minimum Gasteiger partial charge on any atom is -0.457 e. The van der Waals surface area contributed by atoms with Gasteiger partial charge < -0.3 is 15.2 Å². The van der Waals surface area contributed by atoms with E-state index in [1.165, 1.54) is 19.2 Å². The molecule has 0 spiro atoms. The van der Waals surface area contributed by atoms with E-state index in [-0.39, 0.29) is 11.4 Å². The maximum Gasteiger partial charge on any atom is 0.338 e. The highest BCUT2D eigenvalue weighted by Crippen LogP contribution is 2.21. The van der Waals surface area contributed by atoms with Crippen LogP contribution in [-0.2, 0) is 11.8 Å². The number of H-pyrrole nitrogens is 1. The van der Waals surface area contributed by atoms with Gasteiger partial charge in [0, 0.05) is 7.05 Å². The number of ether oxygens (including phenoxy) is 2. The van der Waals surface area contributed by atoms with Gasteiger partial charge in [-0.2, -0.15) is 0 Å². The molecule has 148 valence electrons. The van der Waals surface area contributed by atoms with E-state index in [2.05, 4.69) is 0 Å². The lowest BCUT2D eigenvalue weighted by molar-refractivity contribution is 0.0474. The van der Waals surface area contributed by atoms with Gasteiger partial charge in [-0.25, -0.2) is 9.59 Å². The molecule has 1 heterocycles. The van der Waals surface area contributed by atoms with Crippen LogP contribution >= 0.6 is 0 Å². The number of benzene rings is 2. The van der Waals surface area contributed by atoms with E-state index in [0.717, 1.165) is 4.57 Å². The van der Waals surface area contributed by atoms with Crippen molar-refractivity contribution in [2.45, 2.75) is 0 Å². The molecule has 0 unspecified atom stereocenters. The zero-order chi connectivity index (χ0) is 21.0. The summed E-state index contributed by atoms with van der Waals surface area (Å²) >= 11 is 0. The molecule has 0 radical (unpaired) electrons. The number of nitrogen functional groups attached to an aromatic ring is 1. The molecule has 29 heavy (non-hydrogen) atoms. The van der Waals surface area contributed by atoms with Crippen molar-refractivity contribution in [2.75, 3.05) is 12.3 Å². The standard InChI is InChI=1S/C20H17N3O6/c1-23-17(21)16(18(25)22-20(23)27)15(24)11-28-19(26)12-7-9-14(10-8-12)29-13-5-3-2-4-6-13/h2-10H,11,21H2,1H3,(H,22,25,27). The summed E-state index contributed by atoms with van der Waals surface area (Å²) in [6.07, 6.45) is 0. The summed E-state index contributed by atoms with van der Waals surface area (Å²) in [6.45, 7) is -0.702. The van der Waals surface area contributed by atoms with Crippen LogP contribution in [-0.4, -0.2) is 27.9 Å². The number of ketones is 1. The molecule has 0 amide bonds. The Balaban J connectivity index is 1.65. The number of nitrogens with zero attached hydrogens (tertiary/aromatic N) is 1. The van der Waals surface area contributed by atoms with Crippen LogP contribution in [0.25, 0.3) is 0 Å². The van der Waals surface area contributed by atoms with E-state index in [9.17, 15) is 19.2 Å². The van der Waals surface area contributed by atoms with Gasteiger partial charge in [0.25, 0.3) is 5.56 Å². The fraction of sp³-hybridized carbons (Fsp3) is 0.100. The maximum atomic E-state index is 12.2. The van der Waals surface area contributed by atoms with Gasteiger partial charge >= 0.3 is 11.7 Å². The van der Waals surface area contributed by atoms with E-state index < -0.39 is 35.2 Å². The predicted octanol–water partition coefficient (Wildman–Crippen LogP) is 1.49. The smallest absolute Gasteiger partial charge is 0.338 e. The first-order valence-electron chi connectivity index (χ1n) is 8.49. The van der Waals surface area contributed by atoms with Crippen LogP contribution in [0.2, 0.25) is 0 Å². The van der Waals surface area contributed by atoms with Crippen molar-refractivity contribution < 1.29 is 19.1 Å². The van der Waals surface area contributed by atoms with Crippen LogP contribution in [0, 0.1) is 0 Å². The van der Waals surface area contributed by atoms with Gasteiger partial charge in [0.05, 0.1) is 5.56 Å². The largest absolute Gasteiger partial charge is 0.457 e. The Hall–Kier alpha value is -4.14. The number of aromatic amines is 1. The van der Waals surface area contributed by atoms with Crippen molar-refractivity contribution in [2.24, 2.45) is 7.05 Å². The van der Waals surface area contributed by atoms with Crippen molar-refractivity contribution >= 4 is 17.6 Å². The summed E-state index contributed by atoms with van der Waals surface area (Å²) < 4.78 is 11.5. The molecule has 3 rings (SSSR count). The number of Topliss-reactive ketones (excluding diaryl/α,β-unsaturated/α-hetero) is 1. The minimum atomic E-state index is -0.936. The Morgan fingerprint density at radius 1 is 1.00 bits per heavy atom. The molecule has 2 aromatic carbocycles. The quantitative estimate of drug-likeness (QED) is 0.477. The number of hydrogen-bond acceptors (Lipinski definition) is 7. The molecule has 0 aliphatic heterocycles. The Morgan fingerprint density at radius 3 is 2.28 bits per heavy atom. The molecule has 0 aliphatic rings. The second kappa shape index (κ2) is 8.26. The van der Waals surface area contributed by atoms with Crippen molar-refractivity contribution in [1.82, 2.24) is 9.55 Å². The van der Waals surface area contributed by atoms with E-state index >= 15 is 0 Å². The van der Waals surface area contributed by atoms with Gasteiger partial charge in [-0.15, -0.1) is 0 Å². The zero-order valence-corrected chi connectivity index (χ0v) is 15.4. The third-order valence-electron chi connectivity index (χ3n) is 4.05. The molecule has 0 atom stereocenters. The summed E-state index contributed by atoms with van der Waals surface area (Å²) in [7, 11) is 1.30. The number of carbonyl (C=O) groups excluding carboxylic acids is 2. The first-order valence-corrected chi connectivity index (χ1v) is 8.49. The number of nitrogens with one attached hydrogen (secondary N) is 1. The highest BCUT2D eigenvalue weighted by Gasteiger charge is 2.20. The van der Waals surface area contributed by atoms with Gasteiger partial charge in [0.15, 0.2) is 6.61 Å². The van der Waals surface area contributed by atoms with E-state index in [0.29, 0.717) is 11.5 Å². The average molecular weight is 395 g/mol. The molecule has 0 saturated heterocycles. The molecule has 0 aliphatic carbocycles. The molecule has 0 fully saturated rings. The normalized spacial score (nSPS) is 10.4.